The van der Waals surface area contributed by atoms with E-state index in [-0.39, 0.29) is 12.1 Å². The number of likely N-dealkylation sites (tertiary alicyclic amines) is 1. The van der Waals surface area contributed by atoms with Crippen LogP contribution in [0, 0.1) is 0 Å². The van der Waals surface area contributed by atoms with Crippen LogP contribution in [0.25, 0.3) is 0 Å². The minimum Gasteiger partial charge on any atom is -0.391 e. The Kier molecular flexibility index (Phi) is 5.44. The Balaban J connectivity index is 1.60. The van der Waals surface area contributed by atoms with E-state index >= 15 is 0 Å². The molecular weight excluding hydrogens is 284 g/mol. The monoisotopic (exact) mass is 310 g/mol. The molecule has 1 unspecified atom stereocenters. The number of nitrogens with zero attached hydrogens (tertiary/aromatic N) is 1. The van der Waals surface area contributed by atoms with Gasteiger partial charge in [-0.25, -0.2) is 0 Å². The Hall–Kier alpha value is -1.68. The second-order valence-corrected chi connectivity index (χ2v) is 6.41. The summed E-state index contributed by atoms with van der Waals surface area (Å²) in [4.78, 5) is 2.46. The van der Waals surface area contributed by atoms with Crippen molar-refractivity contribution in [3.63, 3.8) is 0 Å². The third-order valence-electron chi connectivity index (χ3n) is 4.85. The van der Waals surface area contributed by atoms with Crippen molar-refractivity contribution < 1.29 is 5.11 Å². The molecule has 0 bridgehead atoms. The molecule has 1 fully saturated rings. The van der Waals surface area contributed by atoms with Crippen LogP contribution in [0.15, 0.2) is 60.7 Å². The first-order valence-electron chi connectivity index (χ1n) is 8.48. The average Bonchev–Trinajstić information content (AvgIpc) is 2.62. The molecule has 2 N–H and O–H groups in total. The number of aliphatic hydroxyl groups is 1. The lowest BCUT2D eigenvalue weighted by Gasteiger charge is -2.40. The summed E-state index contributed by atoms with van der Waals surface area (Å²) < 4.78 is 0. The second kappa shape index (κ2) is 7.73. The van der Waals surface area contributed by atoms with Crippen molar-refractivity contribution >= 4 is 0 Å². The molecule has 1 aliphatic heterocycles. The van der Waals surface area contributed by atoms with E-state index in [1.54, 1.807) is 0 Å². The number of rotatable bonds is 5. The van der Waals surface area contributed by atoms with E-state index in [0.717, 1.165) is 26.1 Å². The third kappa shape index (κ3) is 4.20. The molecule has 23 heavy (non-hydrogen) atoms. The minimum absolute atomic E-state index is 0.120. The number of hydrogen-bond donors (Lipinski definition) is 2. The van der Waals surface area contributed by atoms with Crippen LogP contribution >= 0.6 is 0 Å². The molecule has 1 heterocycles. The van der Waals surface area contributed by atoms with Crippen LogP contribution in [-0.4, -0.2) is 35.2 Å². The van der Waals surface area contributed by atoms with Crippen molar-refractivity contribution in [1.82, 2.24) is 10.2 Å². The fourth-order valence-corrected chi connectivity index (χ4v) is 3.30. The quantitative estimate of drug-likeness (QED) is 0.891. The summed E-state index contributed by atoms with van der Waals surface area (Å²) in [5.41, 5.74) is 2.60. The van der Waals surface area contributed by atoms with Crippen molar-refractivity contribution in [2.75, 3.05) is 13.1 Å². The van der Waals surface area contributed by atoms with Crippen LogP contribution in [0.5, 0.6) is 0 Å². The molecule has 122 valence electrons. The first kappa shape index (κ1) is 16.2. The zero-order valence-electron chi connectivity index (χ0n) is 13.7. The SMILES string of the molecule is CC(c1ccccc1)N1CC[C@@H](O)[C@H](NCc2ccccc2)C1. The number of piperidine rings is 1. The van der Waals surface area contributed by atoms with Crippen molar-refractivity contribution in [2.24, 2.45) is 0 Å². The maximum absolute atomic E-state index is 10.3. The molecule has 3 atom stereocenters. The van der Waals surface area contributed by atoms with Gasteiger partial charge in [-0.1, -0.05) is 60.7 Å². The van der Waals surface area contributed by atoms with Gasteiger partial charge in [0.05, 0.1) is 6.10 Å². The summed E-state index contributed by atoms with van der Waals surface area (Å²) in [6.45, 7) is 4.88. The van der Waals surface area contributed by atoms with Crippen molar-refractivity contribution in [3.05, 3.63) is 71.8 Å². The minimum atomic E-state index is -0.266. The van der Waals surface area contributed by atoms with E-state index in [2.05, 4.69) is 71.7 Å². The van der Waals surface area contributed by atoms with Crippen LogP contribution in [0.1, 0.15) is 30.5 Å². The first-order chi connectivity index (χ1) is 11.2. The zero-order chi connectivity index (χ0) is 16.1. The average molecular weight is 310 g/mol. The van der Waals surface area contributed by atoms with Crippen molar-refractivity contribution in [1.29, 1.82) is 0 Å². The highest BCUT2D eigenvalue weighted by Crippen LogP contribution is 2.24. The predicted octanol–water partition coefficient (Wildman–Crippen LogP) is 2.97. The summed E-state index contributed by atoms with van der Waals surface area (Å²) in [6, 6.07) is 21.5. The molecule has 0 aromatic heterocycles. The molecule has 3 rings (SSSR count). The molecule has 0 saturated carbocycles. The Morgan fingerprint density at radius 3 is 2.43 bits per heavy atom. The highest BCUT2D eigenvalue weighted by atomic mass is 16.3. The van der Waals surface area contributed by atoms with Crippen LogP contribution in [0.3, 0.4) is 0 Å². The Bertz CT molecular complexity index is 587. The summed E-state index contributed by atoms with van der Waals surface area (Å²) in [5, 5.41) is 13.9. The Morgan fingerprint density at radius 1 is 1.09 bits per heavy atom. The van der Waals surface area contributed by atoms with Crippen molar-refractivity contribution in [2.45, 2.75) is 38.1 Å². The second-order valence-electron chi connectivity index (χ2n) is 6.41. The fraction of sp³-hybridized carbons (Fsp3) is 0.400. The van der Waals surface area contributed by atoms with Gasteiger partial charge in [-0.3, -0.25) is 4.90 Å². The molecule has 2 aromatic rings. The maximum Gasteiger partial charge on any atom is 0.0718 e. The van der Waals surface area contributed by atoms with Crippen LogP contribution < -0.4 is 5.32 Å². The van der Waals surface area contributed by atoms with E-state index in [1.807, 2.05) is 6.07 Å². The van der Waals surface area contributed by atoms with Gasteiger partial charge in [-0.05, 0) is 24.5 Å². The van der Waals surface area contributed by atoms with Gasteiger partial charge < -0.3 is 10.4 Å². The highest BCUT2D eigenvalue weighted by molar-refractivity contribution is 5.19. The van der Waals surface area contributed by atoms with E-state index in [0.29, 0.717) is 6.04 Å². The van der Waals surface area contributed by atoms with E-state index in [9.17, 15) is 5.11 Å². The third-order valence-corrected chi connectivity index (χ3v) is 4.85. The molecule has 0 spiro atoms. The summed E-state index contributed by atoms with van der Waals surface area (Å²) >= 11 is 0. The number of nitrogens with one attached hydrogen (secondary N) is 1. The zero-order valence-corrected chi connectivity index (χ0v) is 13.7. The molecule has 0 aliphatic carbocycles. The van der Waals surface area contributed by atoms with Crippen LogP contribution in [0.2, 0.25) is 0 Å². The van der Waals surface area contributed by atoms with Gasteiger partial charge in [0, 0.05) is 31.7 Å². The largest absolute Gasteiger partial charge is 0.391 e. The number of hydrogen-bond acceptors (Lipinski definition) is 3. The lowest BCUT2D eigenvalue weighted by atomic mass is 9.98. The number of aliphatic hydroxyl groups excluding tert-OH is 1. The van der Waals surface area contributed by atoms with Crippen LogP contribution in [0.4, 0.5) is 0 Å². The van der Waals surface area contributed by atoms with E-state index < -0.39 is 0 Å². The van der Waals surface area contributed by atoms with Gasteiger partial charge in [0.2, 0.25) is 0 Å². The first-order valence-corrected chi connectivity index (χ1v) is 8.48. The van der Waals surface area contributed by atoms with E-state index in [4.69, 9.17) is 0 Å². The van der Waals surface area contributed by atoms with Gasteiger partial charge in [-0.15, -0.1) is 0 Å². The number of benzene rings is 2. The normalized spacial score (nSPS) is 23.6. The maximum atomic E-state index is 10.3. The molecule has 1 saturated heterocycles. The lowest BCUT2D eigenvalue weighted by molar-refractivity contribution is 0.0314. The topological polar surface area (TPSA) is 35.5 Å². The standard InChI is InChI=1S/C20H26N2O/c1-16(18-10-6-3-7-11-18)22-13-12-20(23)19(15-22)21-14-17-8-4-2-5-9-17/h2-11,16,19-21,23H,12-15H2,1H3/t16?,19-,20-/m1/s1. The molecule has 1 aliphatic rings. The van der Waals surface area contributed by atoms with Crippen molar-refractivity contribution in [3.8, 4) is 0 Å². The van der Waals surface area contributed by atoms with Gasteiger partial charge in [0.15, 0.2) is 0 Å². The Morgan fingerprint density at radius 2 is 1.74 bits per heavy atom. The molecule has 2 aromatic carbocycles. The molecule has 0 radical (unpaired) electrons. The summed E-state index contributed by atoms with van der Waals surface area (Å²) in [7, 11) is 0. The van der Waals surface area contributed by atoms with Gasteiger partial charge in [0.1, 0.15) is 0 Å². The van der Waals surface area contributed by atoms with Crippen LogP contribution in [-0.2, 0) is 6.54 Å². The van der Waals surface area contributed by atoms with E-state index in [1.165, 1.54) is 11.1 Å². The summed E-state index contributed by atoms with van der Waals surface area (Å²) in [5.74, 6) is 0. The highest BCUT2D eigenvalue weighted by Gasteiger charge is 2.30. The van der Waals surface area contributed by atoms with Gasteiger partial charge >= 0.3 is 0 Å². The molecule has 0 amide bonds. The molecule has 3 heteroatoms. The van der Waals surface area contributed by atoms with Gasteiger partial charge in [-0.2, -0.15) is 0 Å². The lowest BCUT2D eigenvalue weighted by Crippen LogP contribution is -2.53. The van der Waals surface area contributed by atoms with Gasteiger partial charge in [0.25, 0.3) is 0 Å². The summed E-state index contributed by atoms with van der Waals surface area (Å²) in [6.07, 6.45) is 0.557. The molecular formula is C20H26N2O. The predicted molar refractivity (Wildman–Crippen MR) is 94.1 cm³/mol. The Labute approximate surface area is 139 Å². The molecule has 3 nitrogen and oxygen atoms in total. The smallest absolute Gasteiger partial charge is 0.0718 e. The fourth-order valence-electron chi connectivity index (χ4n) is 3.30.